The number of benzene rings is 1. The first kappa shape index (κ1) is 12.1. The van der Waals surface area contributed by atoms with Crippen molar-refractivity contribution in [3.63, 3.8) is 0 Å². The molecule has 4 rings (SSSR count). The molecule has 0 saturated carbocycles. The van der Waals surface area contributed by atoms with Crippen molar-refractivity contribution in [2.24, 2.45) is 0 Å². The zero-order valence-corrected chi connectivity index (χ0v) is 11.2. The van der Waals surface area contributed by atoms with Crippen molar-refractivity contribution < 1.29 is 9.26 Å². The Bertz CT molecular complexity index is 797. The lowest BCUT2D eigenvalue weighted by molar-refractivity contribution is 0.134. The summed E-state index contributed by atoms with van der Waals surface area (Å²) in [6.07, 6.45) is 1.72. The van der Waals surface area contributed by atoms with Crippen molar-refractivity contribution in [3.8, 4) is 22.5 Å². The van der Waals surface area contributed by atoms with Crippen LogP contribution in [0.1, 0.15) is 11.1 Å². The van der Waals surface area contributed by atoms with Crippen molar-refractivity contribution in [1.82, 2.24) is 10.1 Å². The topological polar surface area (TPSA) is 74.2 Å². The molecule has 0 atom stereocenters. The molecule has 0 saturated heterocycles. The Kier molecular flexibility index (Phi) is 2.72. The maximum atomic E-state index is 5.93. The Balaban J connectivity index is 1.87. The summed E-state index contributed by atoms with van der Waals surface area (Å²) in [6, 6.07) is 11.8. The molecule has 1 aromatic carbocycles. The third-order valence-electron chi connectivity index (χ3n) is 3.63. The van der Waals surface area contributed by atoms with Crippen LogP contribution in [0.2, 0.25) is 0 Å². The summed E-state index contributed by atoms with van der Waals surface area (Å²) in [6.45, 7) is 1.30. The molecule has 0 bridgehead atoms. The van der Waals surface area contributed by atoms with Gasteiger partial charge in [-0.2, -0.15) is 0 Å². The van der Waals surface area contributed by atoms with Gasteiger partial charge in [-0.05, 0) is 29.3 Å². The molecule has 0 fully saturated rings. The lowest BCUT2D eigenvalue weighted by Crippen LogP contribution is -1.91. The SMILES string of the molecule is Nc1onc(-c2ccc3c(c2)COC3)c1-c1ccccn1. The fourth-order valence-electron chi connectivity index (χ4n) is 2.58. The third-order valence-corrected chi connectivity index (χ3v) is 3.63. The molecular formula is C16H13N3O2. The standard InChI is InChI=1S/C16H13N3O2/c17-16-14(13-3-1-2-6-18-13)15(19-21-16)10-4-5-11-8-20-9-12(11)7-10/h1-7H,8-9,17H2. The van der Waals surface area contributed by atoms with E-state index >= 15 is 0 Å². The molecule has 0 unspecified atom stereocenters. The monoisotopic (exact) mass is 279 g/mol. The average Bonchev–Trinajstić information content (AvgIpc) is 3.13. The highest BCUT2D eigenvalue weighted by Crippen LogP contribution is 2.36. The molecule has 104 valence electrons. The maximum absolute atomic E-state index is 5.93. The molecule has 1 aliphatic rings. The first-order valence-electron chi connectivity index (χ1n) is 6.69. The Morgan fingerprint density at radius 3 is 2.81 bits per heavy atom. The number of hydrogen-bond acceptors (Lipinski definition) is 5. The lowest BCUT2D eigenvalue weighted by Gasteiger charge is -2.04. The van der Waals surface area contributed by atoms with E-state index in [1.807, 2.05) is 24.3 Å². The highest BCUT2D eigenvalue weighted by atomic mass is 16.5. The molecule has 2 aromatic heterocycles. The Morgan fingerprint density at radius 1 is 1.05 bits per heavy atom. The van der Waals surface area contributed by atoms with Gasteiger partial charge in [0.15, 0.2) is 0 Å². The molecule has 0 amide bonds. The van der Waals surface area contributed by atoms with Crippen molar-refractivity contribution in [3.05, 3.63) is 53.7 Å². The second kappa shape index (κ2) is 4.71. The molecule has 2 N–H and O–H groups in total. The Hall–Kier alpha value is -2.66. The first-order valence-corrected chi connectivity index (χ1v) is 6.69. The van der Waals surface area contributed by atoms with E-state index in [0.717, 1.165) is 16.8 Å². The van der Waals surface area contributed by atoms with Crippen LogP contribution in [0.4, 0.5) is 5.88 Å². The number of pyridine rings is 1. The van der Waals surface area contributed by atoms with Gasteiger partial charge in [-0.25, -0.2) is 0 Å². The number of ether oxygens (including phenoxy) is 1. The smallest absolute Gasteiger partial charge is 0.232 e. The molecule has 0 aliphatic carbocycles. The van der Waals surface area contributed by atoms with Crippen molar-refractivity contribution in [2.45, 2.75) is 13.2 Å². The zero-order chi connectivity index (χ0) is 14.2. The molecular weight excluding hydrogens is 266 g/mol. The van der Waals surface area contributed by atoms with Gasteiger partial charge < -0.3 is 15.0 Å². The molecule has 1 aliphatic heterocycles. The van der Waals surface area contributed by atoms with Gasteiger partial charge in [0.1, 0.15) is 5.69 Å². The van der Waals surface area contributed by atoms with E-state index in [1.54, 1.807) is 6.20 Å². The van der Waals surface area contributed by atoms with E-state index in [-0.39, 0.29) is 5.88 Å². The molecule has 0 radical (unpaired) electrons. The van der Waals surface area contributed by atoms with Crippen molar-refractivity contribution in [2.75, 3.05) is 5.73 Å². The van der Waals surface area contributed by atoms with Crippen LogP contribution >= 0.6 is 0 Å². The van der Waals surface area contributed by atoms with E-state index in [4.69, 9.17) is 15.0 Å². The average molecular weight is 279 g/mol. The summed E-state index contributed by atoms with van der Waals surface area (Å²) in [5.41, 5.74) is 11.5. The Morgan fingerprint density at radius 2 is 1.95 bits per heavy atom. The van der Waals surface area contributed by atoms with Gasteiger partial charge in [0, 0.05) is 11.8 Å². The van der Waals surface area contributed by atoms with Gasteiger partial charge >= 0.3 is 0 Å². The zero-order valence-electron chi connectivity index (χ0n) is 11.2. The van der Waals surface area contributed by atoms with Crippen molar-refractivity contribution in [1.29, 1.82) is 0 Å². The van der Waals surface area contributed by atoms with Crippen LogP contribution in [-0.4, -0.2) is 10.1 Å². The van der Waals surface area contributed by atoms with E-state index in [1.165, 1.54) is 11.1 Å². The van der Waals surface area contributed by atoms with Crippen LogP contribution in [-0.2, 0) is 18.0 Å². The molecule has 0 spiro atoms. The summed E-state index contributed by atoms with van der Waals surface area (Å²) < 4.78 is 10.6. The number of anilines is 1. The van der Waals surface area contributed by atoms with Crippen LogP contribution in [0, 0.1) is 0 Å². The summed E-state index contributed by atoms with van der Waals surface area (Å²) >= 11 is 0. The third kappa shape index (κ3) is 1.98. The van der Waals surface area contributed by atoms with Crippen LogP contribution in [0.25, 0.3) is 22.5 Å². The predicted molar refractivity (Wildman–Crippen MR) is 78.1 cm³/mol. The maximum Gasteiger partial charge on any atom is 0.232 e. The largest absolute Gasteiger partial charge is 0.372 e. The number of hydrogen-bond donors (Lipinski definition) is 1. The normalized spacial score (nSPS) is 13.3. The van der Waals surface area contributed by atoms with E-state index in [9.17, 15) is 0 Å². The van der Waals surface area contributed by atoms with Gasteiger partial charge in [0.25, 0.3) is 0 Å². The predicted octanol–water partition coefficient (Wildman–Crippen LogP) is 3.02. The highest BCUT2D eigenvalue weighted by molar-refractivity contribution is 5.85. The minimum absolute atomic E-state index is 0.278. The van der Waals surface area contributed by atoms with Crippen LogP contribution < -0.4 is 5.73 Å². The van der Waals surface area contributed by atoms with Gasteiger partial charge in [0.2, 0.25) is 5.88 Å². The van der Waals surface area contributed by atoms with Gasteiger partial charge in [0.05, 0.1) is 24.5 Å². The fraction of sp³-hybridized carbons (Fsp3) is 0.125. The van der Waals surface area contributed by atoms with Gasteiger partial charge in [-0.15, -0.1) is 0 Å². The van der Waals surface area contributed by atoms with Crippen LogP contribution in [0.5, 0.6) is 0 Å². The minimum Gasteiger partial charge on any atom is -0.372 e. The van der Waals surface area contributed by atoms with Gasteiger partial charge in [-0.3, -0.25) is 4.98 Å². The molecule has 3 aromatic rings. The van der Waals surface area contributed by atoms with Crippen LogP contribution in [0.15, 0.2) is 47.1 Å². The Labute approximate surface area is 121 Å². The number of rotatable bonds is 2. The number of nitrogens with two attached hydrogens (primary N) is 1. The van der Waals surface area contributed by atoms with E-state index < -0.39 is 0 Å². The van der Waals surface area contributed by atoms with Crippen molar-refractivity contribution >= 4 is 5.88 Å². The molecule has 21 heavy (non-hydrogen) atoms. The lowest BCUT2D eigenvalue weighted by atomic mass is 10.0. The summed E-state index contributed by atoms with van der Waals surface area (Å²) in [5, 5.41) is 4.11. The van der Waals surface area contributed by atoms with Crippen LogP contribution in [0.3, 0.4) is 0 Å². The number of fused-ring (bicyclic) bond motifs is 1. The quantitative estimate of drug-likeness (QED) is 0.780. The number of nitrogen functional groups attached to an aromatic ring is 1. The second-order valence-corrected chi connectivity index (χ2v) is 4.96. The second-order valence-electron chi connectivity index (χ2n) is 4.96. The van der Waals surface area contributed by atoms with Gasteiger partial charge in [-0.1, -0.05) is 23.4 Å². The summed E-state index contributed by atoms with van der Waals surface area (Å²) in [7, 11) is 0. The molecule has 5 nitrogen and oxygen atoms in total. The number of nitrogens with zero attached hydrogens (tertiary/aromatic N) is 2. The minimum atomic E-state index is 0.278. The highest BCUT2D eigenvalue weighted by Gasteiger charge is 2.20. The molecule has 3 heterocycles. The molecule has 5 heteroatoms. The number of aromatic nitrogens is 2. The summed E-state index contributed by atoms with van der Waals surface area (Å²) in [5.74, 6) is 0.278. The van der Waals surface area contributed by atoms with E-state index in [0.29, 0.717) is 18.9 Å². The van der Waals surface area contributed by atoms with E-state index in [2.05, 4.69) is 22.3 Å². The first-order chi connectivity index (χ1) is 10.3. The summed E-state index contributed by atoms with van der Waals surface area (Å²) in [4.78, 5) is 4.34. The fourth-order valence-corrected chi connectivity index (χ4v) is 2.58.